The van der Waals surface area contributed by atoms with Crippen LogP contribution in [0.15, 0.2) is 0 Å². The van der Waals surface area contributed by atoms with Gasteiger partial charge in [0.2, 0.25) is 5.91 Å². The Morgan fingerprint density at radius 2 is 2.29 bits per heavy atom. The Morgan fingerprint density at radius 1 is 1.64 bits per heavy atom. The Labute approximate surface area is 84.9 Å². The molecule has 1 amide bonds. The van der Waals surface area contributed by atoms with Gasteiger partial charge in [-0.2, -0.15) is 5.26 Å². The number of hydrogen-bond donors (Lipinski definition) is 1. The largest absolute Gasteiger partial charge is 0.338 e. The molecule has 1 aliphatic heterocycles. The van der Waals surface area contributed by atoms with Gasteiger partial charge in [0.25, 0.3) is 0 Å². The first-order chi connectivity index (χ1) is 6.44. The third-order valence-electron chi connectivity index (χ3n) is 2.48. The summed E-state index contributed by atoms with van der Waals surface area (Å²) in [6, 6.07) is 2.06. The number of amides is 1. The van der Waals surface area contributed by atoms with Gasteiger partial charge in [0.05, 0.1) is 12.0 Å². The first kappa shape index (κ1) is 11.0. The van der Waals surface area contributed by atoms with Crippen molar-refractivity contribution < 1.29 is 4.79 Å². The molecule has 0 aromatic carbocycles. The van der Waals surface area contributed by atoms with E-state index in [9.17, 15) is 4.79 Å². The van der Waals surface area contributed by atoms with Crippen LogP contribution in [0, 0.1) is 17.2 Å². The van der Waals surface area contributed by atoms with Crippen molar-refractivity contribution in [3.63, 3.8) is 0 Å². The molecular weight excluding hydrogens is 178 g/mol. The van der Waals surface area contributed by atoms with Crippen LogP contribution in [0.4, 0.5) is 0 Å². The van der Waals surface area contributed by atoms with E-state index in [0.29, 0.717) is 0 Å². The average molecular weight is 195 g/mol. The minimum absolute atomic E-state index is 0.000833. The summed E-state index contributed by atoms with van der Waals surface area (Å²) in [4.78, 5) is 13.8. The number of likely N-dealkylation sites (tertiary alicyclic amines) is 1. The molecule has 0 bridgehead atoms. The molecule has 1 atom stereocenters. The molecule has 4 nitrogen and oxygen atoms in total. The SMILES string of the molecule is CN1CCC(C(=O)NC(C)(C)C#N)C1. The van der Waals surface area contributed by atoms with Crippen molar-refractivity contribution in [2.75, 3.05) is 20.1 Å². The Hall–Kier alpha value is -1.08. The maximum absolute atomic E-state index is 11.7. The number of nitrogens with one attached hydrogen (secondary N) is 1. The lowest BCUT2D eigenvalue weighted by molar-refractivity contribution is -0.125. The third-order valence-corrected chi connectivity index (χ3v) is 2.48. The summed E-state index contributed by atoms with van der Waals surface area (Å²) in [5, 5.41) is 11.5. The maximum Gasteiger partial charge on any atom is 0.225 e. The fourth-order valence-corrected chi connectivity index (χ4v) is 1.59. The summed E-state index contributed by atoms with van der Waals surface area (Å²) < 4.78 is 0. The summed E-state index contributed by atoms with van der Waals surface area (Å²) in [6.45, 7) is 5.19. The molecule has 1 unspecified atom stereocenters. The summed E-state index contributed by atoms with van der Waals surface area (Å²) in [6.07, 6.45) is 0.893. The zero-order valence-electron chi connectivity index (χ0n) is 9.00. The molecule has 0 aromatic rings. The van der Waals surface area contributed by atoms with E-state index in [1.54, 1.807) is 13.8 Å². The molecule has 1 saturated heterocycles. The van der Waals surface area contributed by atoms with Crippen LogP contribution < -0.4 is 5.32 Å². The van der Waals surface area contributed by atoms with E-state index in [-0.39, 0.29) is 11.8 Å². The molecule has 1 rings (SSSR count). The second-order valence-corrected chi connectivity index (χ2v) is 4.47. The fraction of sp³-hybridized carbons (Fsp3) is 0.800. The van der Waals surface area contributed by atoms with Gasteiger partial charge in [0, 0.05) is 6.54 Å². The van der Waals surface area contributed by atoms with Crippen molar-refractivity contribution in [2.24, 2.45) is 5.92 Å². The van der Waals surface area contributed by atoms with Gasteiger partial charge in [-0.3, -0.25) is 4.79 Å². The van der Waals surface area contributed by atoms with E-state index in [4.69, 9.17) is 5.26 Å². The van der Waals surface area contributed by atoms with Crippen LogP contribution in [0.2, 0.25) is 0 Å². The molecule has 1 aliphatic rings. The molecule has 14 heavy (non-hydrogen) atoms. The highest BCUT2D eigenvalue weighted by Gasteiger charge is 2.29. The Bertz CT molecular complexity index is 267. The predicted molar refractivity (Wildman–Crippen MR) is 53.4 cm³/mol. The number of rotatable bonds is 2. The van der Waals surface area contributed by atoms with Crippen molar-refractivity contribution in [1.82, 2.24) is 10.2 Å². The van der Waals surface area contributed by atoms with Crippen LogP contribution in [0.25, 0.3) is 0 Å². The predicted octanol–water partition coefficient (Wildman–Crippen LogP) is 0.356. The van der Waals surface area contributed by atoms with Gasteiger partial charge in [-0.15, -0.1) is 0 Å². The van der Waals surface area contributed by atoms with E-state index in [1.165, 1.54) is 0 Å². The highest BCUT2D eigenvalue weighted by atomic mass is 16.2. The summed E-state index contributed by atoms with van der Waals surface area (Å²) in [5.41, 5.74) is -0.752. The van der Waals surface area contributed by atoms with Crippen LogP contribution in [-0.2, 0) is 4.79 Å². The Kier molecular flexibility index (Phi) is 3.12. The van der Waals surface area contributed by atoms with Gasteiger partial charge in [-0.05, 0) is 33.9 Å². The quantitative estimate of drug-likeness (QED) is 0.692. The van der Waals surface area contributed by atoms with E-state index in [2.05, 4.69) is 16.3 Å². The summed E-state index contributed by atoms with van der Waals surface area (Å²) >= 11 is 0. The van der Waals surface area contributed by atoms with E-state index in [0.717, 1.165) is 19.5 Å². The van der Waals surface area contributed by atoms with E-state index >= 15 is 0 Å². The zero-order valence-corrected chi connectivity index (χ0v) is 9.00. The maximum atomic E-state index is 11.7. The Balaban J connectivity index is 2.48. The number of carbonyl (C=O) groups is 1. The zero-order chi connectivity index (χ0) is 10.8. The van der Waals surface area contributed by atoms with E-state index in [1.807, 2.05) is 7.05 Å². The van der Waals surface area contributed by atoms with Crippen molar-refractivity contribution in [3.8, 4) is 6.07 Å². The normalized spacial score (nSPS) is 23.1. The fourth-order valence-electron chi connectivity index (χ4n) is 1.59. The molecule has 0 aromatic heterocycles. The molecule has 1 heterocycles. The number of carbonyl (C=O) groups excluding carboxylic acids is 1. The first-order valence-corrected chi connectivity index (χ1v) is 4.86. The molecule has 0 saturated carbocycles. The molecule has 1 fully saturated rings. The molecule has 0 aliphatic carbocycles. The summed E-state index contributed by atoms with van der Waals surface area (Å²) in [5.74, 6) is 0.0496. The minimum atomic E-state index is -0.752. The lowest BCUT2D eigenvalue weighted by Crippen LogP contribution is -2.45. The van der Waals surface area contributed by atoms with Crippen LogP contribution >= 0.6 is 0 Å². The molecular formula is C10H17N3O. The standard InChI is InChI=1S/C10H17N3O/c1-10(2,7-11)12-9(14)8-4-5-13(3)6-8/h8H,4-6H2,1-3H3,(H,12,14). The highest BCUT2D eigenvalue weighted by Crippen LogP contribution is 2.15. The average Bonchev–Trinajstić information content (AvgIpc) is 2.51. The van der Waals surface area contributed by atoms with Crippen LogP contribution in [0.1, 0.15) is 20.3 Å². The molecule has 1 N–H and O–H groups in total. The number of hydrogen-bond acceptors (Lipinski definition) is 3. The van der Waals surface area contributed by atoms with Crippen molar-refractivity contribution in [3.05, 3.63) is 0 Å². The lowest BCUT2D eigenvalue weighted by atomic mass is 10.0. The second kappa shape index (κ2) is 3.97. The van der Waals surface area contributed by atoms with Gasteiger partial charge in [0.15, 0.2) is 0 Å². The topological polar surface area (TPSA) is 56.1 Å². The molecule has 4 heteroatoms. The monoisotopic (exact) mass is 195 g/mol. The van der Waals surface area contributed by atoms with Crippen LogP contribution in [0.3, 0.4) is 0 Å². The van der Waals surface area contributed by atoms with Crippen molar-refractivity contribution >= 4 is 5.91 Å². The van der Waals surface area contributed by atoms with Gasteiger partial charge in [-0.1, -0.05) is 0 Å². The summed E-state index contributed by atoms with van der Waals surface area (Å²) in [7, 11) is 2.00. The number of nitriles is 1. The lowest BCUT2D eigenvalue weighted by Gasteiger charge is -2.20. The molecule has 78 valence electrons. The first-order valence-electron chi connectivity index (χ1n) is 4.86. The van der Waals surface area contributed by atoms with Crippen molar-refractivity contribution in [2.45, 2.75) is 25.8 Å². The van der Waals surface area contributed by atoms with Gasteiger partial charge in [-0.25, -0.2) is 0 Å². The van der Waals surface area contributed by atoms with Crippen LogP contribution in [-0.4, -0.2) is 36.5 Å². The molecule has 0 spiro atoms. The Morgan fingerprint density at radius 3 is 2.71 bits per heavy atom. The van der Waals surface area contributed by atoms with E-state index < -0.39 is 5.54 Å². The van der Waals surface area contributed by atoms with Gasteiger partial charge < -0.3 is 10.2 Å². The van der Waals surface area contributed by atoms with Gasteiger partial charge in [0.1, 0.15) is 5.54 Å². The highest BCUT2D eigenvalue weighted by molar-refractivity contribution is 5.80. The second-order valence-electron chi connectivity index (χ2n) is 4.47. The van der Waals surface area contributed by atoms with Crippen molar-refractivity contribution in [1.29, 1.82) is 5.26 Å². The minimum Gasteiger partial charge on any atom is -0.338 e. The third kappa shape index (κ3) is 2.71. The molecule has 0 radical (unpaired) electrons. The number of nitrogens with zero attached hydrogens (tertiary/aromatic N) is 2. The van der Waals surface area contributed by atoms with Crippen LogP contribution in [0.5, 0.6) is 0 Å². The van der Waals surface area contributed by atoms with Gasteiger partial charge >= 0.3 is 0 Å². The smallest absolute Gasteiger partial charge is 0.225 e.